The number of benzene rings is 1. The number of nitrogens with one attached hydrogen (secondary N) is 3. The highest BCUT2D eigenvalue weighted by Crippen LogP contribution is 1.99. The molecule has 5 nitrogen and oxygen atoms in total. The SMILES string of the molecule is CN=C(NCCNC(=O)c1ccccc1)NC(C)C(C)C. The summed E-state index contributed by atoms with van der Waals surface area (Å²) in [6, 6.07) is 9.54. The summed E-state index contributed by atoms with van der Waals surface area (Å²) in [4.78, 5) is 16.0. The number of amides is 1. The zero-order valence-electron chi connectivity index (χ0n) is 13.3. The van der Waals surface area contributed by atoms with Gasteiger partial charge in [0.05, 0.1) is 0 Å². The smallest absolute Gasteiger partial charge is 0.251 e. The van der Waals surface area contributed by atoms with E-state index in [-0.39, 0.29) is 5.91 Å². The van der Waals surface area contributed by atoms with Crippen molar-refractivity contribution in [2.45, 2.75) is 26.8 Å². The Morgan fingerprint density at radius 1 is 1.10 bits per heavy atom. The van der Waals surface area contributed by atoms with Crippen LogP contribution in [0.5, 0.6) is 0 Å². The predicted molar refractivity (Wildman–Crippen MR) is 87.6 cm³/mol. The summed E-state index contributed by atoms with van der Waals surface area (Å²) in [7, 11) is 1.74. The quantitative estimate of drug-likeness (QED) is 0.424. The summed E-state index contributed by atoms with van der Waals surface area (Å²) >= 11 is 0. The molecule has 0 bridgehead atoms. The molecule has 0 spiro atoms. The van der Waals surface area contributed by atoms with Crippen molar-refractivity contribution in [2.75, 3.05) is 20.1 Å². The summed E-state index contributed by atoms with van der Waals surface area (Å²) < 4.78 is 0. The van der Waals surface area contributed by atoms with Crippen molar-refractivity contribution in [3.05, 3.63) is 35.9 Å². The van der Waals surface area contributed by atoms with Crippen molar-refractivity contribution < 1.29 is 4.79 Å². The van der Waals surface area contributed by atoms with Gasteiger partial charge in [0, 0.05) is 31.7 Å². The van der Waals surface area contributed by atoms with E-state index in [1.807, 2.05) is 18.2 Å². The fourth-order valence-electron chi connectivity index (χ4n) is 1.63. The van der Waals surface area contributed by atoms with Crippen LogP contribution in [0.2, 0.25) is 0 Å². The van der Waals surface area contributed by atoms with Gasteiger partial charge in [-0.25, -0.2) is 0 Å². The van der Waals surface area contributed by atoms with Crippen LogP contribution in [-0.4, -0.2) is 38.0 Å². The second-order valence-electron chi connectivity index (χ2n) is 5.30. The molecular weight excluding hydrogens is 264 g/mol. The molecule has 0 aromatic heterocycles. The Hall–Kier alpha value is -2.04. The van der Waals surface area contributed by atoms with Gasteiger partial charge in [-0.05, 0) is 25.0 Å². The van der Waals surface area contributed by atoms with Gasteiger partial charge in [-0.2, -0.15) is 0 Å². The molecule has 3 N–H and O–H groups in total. The van der Waals surface area contributed by atoms with Crippen molar-refractivity contribution >= 4 is 11.9 Å². The first-order valence-corrected chi connectivity index (χ1v) is 7.35. The Balaban J connectivity index is 2.28. The molecular formula is C16H26N4O. The third kappa shape index (κ3) is 6.29. The zero-order valence-corrected chi connectivity index (χ0v) is 13.3. The van der Waals surface area contributed by atoms with Crippen molar-refractivity contribution in [1.29, 1.82) is 0 Å². The molecule has 0 saturated carbocycles. The Morgan fingerprint density at radius 3 is 2.29 bits per heavy atom. The maximum Gasteiger partial charge on any atom is 0.251 e. The van der Waals surface area contributed by atoms with Crippen LogP contribution in [0.3, 0.4) is 0 Å². The molecule has 1 atom stereocenters. The van der Waals surface area contributed by atoms with E-state index in [2.05, 4.69) is 41.7 Å². The Bertz CT molecular complexity index is 457. The summed E-state index contributed by atoms with van der Waals surface area (Å²) in [5.74, 6) is 1.22. The molecule has 1 aromatic rings. The van der Waals surface area contributed by atoms with Crippen LogP contribution in [0.15, 0.2) is 35.3 Å². The average molecular weight is 290 g/mol. The molecule has 1 amide bonds. The fourth-order valence-corrected chi connectivity index (χ4v) is 1.63. The summed E-state index contributed by atoms with van der Waals surface area (Å²) in [6.45, 7) is 7.61. The number of carbonyl (C=O) groups excluding carboxylic acids is 1. The minimum Gasteiger partial charge on any atom is -0.355 e. The lowest BCUT2D eigenvalue weighted by atomic mass is 10.1. The van der Waals surface area contributed by atoms with Gasteiger partial charge in [0.15, 0.2) is 5.96 Å². The molecule has 1 unspecified atom stereocenters. The molecule has 21 heavy (non-hydrogen) atoms. The van der Waals surface area contributed by atoms with Gasteiger partial charge in [-0.3, -0.25) is 9.79 Å². The van der Waals surface area contributed by atoms with E-state index in [4.69, 9.17) is 0 Å². The van der Waals surface area contributed by atoms with Crippen molar-refractivity contribution in [1.82, 2.24) is 16.0 Å². The molecule has 0 fully saturated rings. The first kappa shape index (κ1) is 17.0. The molecule has 116 valence electrons. The Morgan fingerprint density at radius 2 is 1.71 bits per heavy atom. The molecule has 0 saturated heterocycles. The number of carbonyl (C=O) groups is 1. The molecule has 0 radical (unpaired) electrons. The number of hydrogen-bond acceptors (Lipinski definition) is 2. The van der Waals surface area contributed by atoms with E-state index in [1.165, 1.54) is 0 Å². The van der Waals surface area contributed by atoms with Crippen LogP contribution in [0.4, 0.5) is 0 Å². The van der Waals surface area contributed by atoms with E-state index >= 15 is 0 Å². The predicted octanol–water partition coefficient (Wildman–Crippen LogP) is 1.63. The number of nitrogens with zero attached hydrogens (tertiary/aromatic N) is 1. The van der Waals surface area contributed by atoms with E-state index in [9.17, 15) is 4.79 Å². The van der Waals surface area contributed by atoms with Crippen molar-refractivity contribution in [3.8, 4) is 0 Å². The third-order valence-electron chi connectivity index (χ3n) is 3.33. The monoisotopic (exact) mass is 290 g/mol. The summed E-state index contributed by atoms with van der Waals surface area (Å²) in [6.07, 6.45) is 0. The molecule has 0 aliphatic carbocycles. The number of hydrogen-bond donors (Lipinski definition) is 3. The summed E-state index contributed by atoms with van der Waals surface area (Å²) in [5, 5.41) is 9.37. The topological polar surface area (TPSA) is 65.5 Å². The normalized spacial score (nSPS) is 12.9. The second kappa shape index (κ2) is 9.00. The largest absolute Gasteiger partial charge is 0.355 e. The minimum atomic E-state index is -0.0594. The van der Waals surface area contributed by atoms with Crippen LogP contribution < -0.4 is 16.0 Å². The second-order valence-corrected chi connectivity index (χ2v) is 5.30. The van der Waals surface area contributed by atoms with E-state index in [0.29, 0.717) is 30.6 Å². The molecule has 0 aliphatic rings. The lowest BCUT2D eigenvalue weighted by Crippen LogP contribution is -2.46. The number of rotatable bonds is 6. The van der Waals surface area contributed by atoms with Gasteiger partial charge in [-0.15, -0.1) is 0 Å². The van der Waals surface area contributed by atoms with Crippen LogP contribution in [0.1, 0.15) is 31.1 Å². The maximum atomic E-state index is 11.8. The standard InChI is InChI=1S/C16H26N4O/c1-12(2)13(3)20-16(17-4)19-11-10-18-15(21)14-8-6-5-7-9-14/h5-9,12-13H,10-11H2,1-4H3,(H,18,21)(H2,17,19,20). The lowest BCUT2D eigenvalue weighted by Gasteiger charge is -2.20. The van der Waals surface area contributed by atoms with Gasteiger partial charge in [0.2, 0.25) is 0 Å². The summed E-state index contributed by atoms with van der Waals surface area (Å²) in [5.41, 5.74) is 0.674. The van der Waals surface area contributed by atoms with Gasteiger partial charge >= 0.3 is 0 Å². The van der Waals surface area contributed by atoms with Gasteiger partial charge in [0.1, 0.15) is 0 Å². The molecule has 1 aromatic carbocycles. The van der Waals surface area contributed by atoms with Crippen molar-refractivity contribution in [3.63, 3.8) is 0 Å². The minimum absolute atomic E-state index is 0.0594. The van der Waals surface area contributed by atoms with Crippen LogP contribution in [0.25, 0.3) is 0 Å². The zero-order chi connectivity index (χ0) is 15.7. The highest BCUT2D eigenvalue weighted by atomic mass is 16.1. The van der Waals surface area contributed by atoms with Gasteiger partial charge in [0.25, 0.3) is 5.91 Å². The molecule has 0 heterocycles. The van der Waals surface area contributed by atoms with Gasteiger partial charge < -0.3 is 16.0 Å². The highest BCUT2D eigenvalue weighted by Gasteiger charge is 2.08. The molecule has 5 heteroatoms. The third-order valence-corrected chi connectivity index (χ3v) is 3.33. The van der Waals surface area contributed by atoms with E-state index in [0.717, 1.165) is 5.96 Å². The van der Waals surface area contributed by atoms with Gasteiger partial charge in [-0.1, -0.05) is 32.0 Å². The Kier molecular flexibility index (Phi) is 7.29. The van der Waals surface area contributed by atoms with Crippen LogP contribution in [0, 0.1) is 5.92 Å². The number of guanidine groups is 1. The molecule has 1 rings (SSSR count). The molecule has 0 aliphatic heterocycles. The maximum absolute atomic E-state index is 11.8. The highest BCUT2D eigenvalue weighted by molar-refractivity contribution is 5.94. The fraction of sp³-hybridized carbons (Fsp3) is 0.500. The van der Waals surface area contributed by atoms with Crippen LogP contribution in [-0.2, 0) is 0 Å². The lowest BCUT2D eigenvalue weighted by molar-refractivity contribution is 0.0954. The number of aliphatic imine (C=N–C) groups is 1. The Labute approximate surface area is 127 Å². The average Bonchev–Trinajstić information content (AvgIpc) is 2.50. The van der Waals surface area contributed by atoms with E-state index in [1.54, 1.807) is 19.2 Å². The van der Waals surface area contributed by atoms with Crippen LogP contribution >= 0.6 is 0 Å². The first-order valence-electron chi connectivity index (χ1n) is 7.35. The van der Waals surface area contributed by atoms with Crippen molar-refractivity contribution in [2.24, 2.45) is 10.9 Å². The first-order chi connectivity index (χ1) is 10.0. The van der Waals surface area contributed by atoms with E-state index < -0.39 is 0 Å².